The second-order valence-corrected chi connectivity index (χ2v) is 7.03. The number of hydrogen-bond acceptors (Lipinski definition) is 6. The summed E-state index contributed by atoms with van der Waals surface area (Å²) >= 11 is 6.21. The Balaban J connectivity index is 1.73. The minimum Gasteiger partial charge on any atom is -0.480 e. The molecule has 0 saturated carbocycles. The Labute approximate surface area is 149 Å². The molecule has 1 aromatic carbocycles. The number of carbonyl (C=O) groups is 2. The second kappa shape index (κ2) is 7.33. The summed E-state index contributed by atoms with van der Waals surface area (Å²) in [6.07, 6.45) is 1.74. The fourth-order valence-electron chi connectivity index (χ4n) is 2.53. The van der Waals surface area contributed by atoms with Crippen molar-refractivity contribution in [3.05, 3.63) is 34.7 Å². The van der Waals surface area contributed by atoms with Crippen LogP contribution in [-0.4, -0.2) is 59.1 Å². The van der Waals surface area contributed by atoms with Crippen LogP contribution in [0.5, 0.6) is 0 Å². The Morgan fingerprint density at radius 1 is 1.29 bits per heavy atom. The van der Waals surface area contributed by atoms with Crippen LogP contribution in [0.4, 0.5) is 5.69 Å². The van der Waals surface area contributed by atoms with Gasteiger partial charge in [-0.3, -0.25) is 14.5 Å². The molecule has 0 aliphatic carbocycles. The van der Waals surface area contributed by atoms with Gasteiger partial charge in [0.25, 0.3) is 5.91 Å². The fraction of sp³-hybridized carbons (Fsp3) is 0.312. The third kappa shape index (κ3) is 3.77. The number of hydrogen-bond donors (Lipinski definition) is 1. The van der Waals surface area contributed by atoms with Crippen LogP contribution in [0.2, 0.25) is 0 Å². The molecule has 6 nitrogen and oxygen atoms in total. The second-order valence-electron chi connectivity index (χ2n) is 5.35. The smallest absolute Gasteiger partial charge is 0.323 e. The number of anilines is 1. The number of amides is 1. The van der Waals surface area contributed by atoms with Crippen molar-refractivity contribution in [2.45, 2.75) is 0 Å². The first-order chi connectivity index (χ1) is 11.5. The predicted octanol–water partition coefficient (Wildman–Crippen LogP) is 1.81. The zero-order valence-corrected chi connectivity index (χ0v) is 14.4. The Bertz CT molecular complexity index is 697. The molecule has 0 unspecified atom stereocenters. The number of thioether (sulfide) groups is 1. The summed E-state index contributed by atoms with van der Waals surface area (Å²) in [6.45, 7) is 2.79. The quantitative estimate of drug-likeness (QED) is 0.645. The lowest BCUT2D eigenvalue weighted by Gasteiger charge is -2.28. The molecule has 3 rings (SSSR count). The van der Waals surface area contributed by atoms with E-state index < -0.39 is 12.5 Å². The van der Waals surface area contributed by atoms with Crippen LogP contribution in [0, 0.1) is 0 Å². The van der Waals surface area contributed by atoms with Crippen molar-refractivity contribution in [3.63, 3.8) is 0 Å². The molecule has 0 aromatic heterocycles. The van der Waals surface area contributed by atoms with E-state index in [1.807, 2.05) is 24.3 Å². The van der Waals surface area contributed by atoms with Crippen molar-refractivity contribution in [3.8, 4) is 0 Å². The molecule has 2 aliphatic rings. The number of carbonyl (C=O) groups excluding carboxylic acids is 1. The zero-order chi connectivity index (χ0) is 17.1. The van der Waals surface area contributed by atoms with Gasteiger partial charge in [-0.05, 0) is 23.8 Å². The van der Waals surface area contributed by atoms with Crippen LogP contribution in [0.1, 0.15) is 5.56 Å². The van der Waals surface area contributed by atoms with Crippen molar-refractivity contribution >= 4 is 51.9 Å². The Morgan fingerprint density at radius 3 is 2.58 bits per heavy atom. The number of aliphatic carboxylic acids is 1. The van der Waals surface area contributed by atoms with E-state index in [2.05, 4.69) is 4.90 Å². The summed E-state index contributed by atoms with van der Waals surface area (Å²) in [5, 5.41) is 8.84. The van der Waals surface area contributed by atoms with Crippen molar-refractivity contribution in [1.29, 1.82) is 0 Å². The molecule has 24 heavy (non-hydrogen) atoms. The number of morpholine rings is 1. The average molecular weight is 364 g/mol. The maximum Gasteiger partial charge on any atom is 0.323 e. The van der Waals surface area contributed by atoms with E-state index in [0.29, 0.717) is 4.91 Å². The maximum atomic E-state index is 12.2. The van der Waals surface area contributed by atoms with Crippen LogP contribution >= 0.6 is 24.0 Å². The lowest BCUT2D eigenvalue weighted by molar-refractivity contribution is -0.140. The summed E-state index contributed by atoms with van der Waals surface area (Å²) in [4.78, 5) is 26.8. The number of ether oxygens (including phenoxy) is 1. The third-order valence-corrected chi connectivity index (χ3v) is 5.11. The molecule has 2 fully saturated rings. The minimum atomic E-state index is -1.08. The van der Waals surface area contributed by atoms with Crippen LogP contribution in [0.15, 0.2) is 29.2 Å². The summed E-state index contributed by atoms with van der Waals surface area (Å²) < 4.78 is 5.62. The highest BCUT2D eigenvalue weighted by Crippen LogP contribution is 2.32. The number of carboxylic acids is 1. The Hall–Kier alpha value is -1.90. The van der Waals surface area contributed by atoms with E-state index in [1.54, 1.807) is 6.08 Å². The van der Waals surface area contributed by atoms with Gasteiger partial charge in [0, 0.05) is 18.8 Å². The van der Waals surface area contributed by atoms with E-state index in [4.69, 9.17) is 22.1 Å². The number of rotatable bonds is 4. The topological polar surface area (TPSA) is 70.1 Å². The zero-order valence-electron chi connectivity index (χ0n) is 12.8. The van der Waals surface area contributed by atoms with Crippen molar-refractivity contribution in [2.24, 2.45) is 0 Å². The molecule has 0 spiro atoms. The summed E-state index contributed by atoms with van der Waals surface area (Å²) in [5.41, 5.74) is 2.00. The molecule has 1 amide bonds. The van der Waals surface area contributed by atoms with E-state index >= 15 is 0 Å². The van der Waals surface area contributed by atoms with Gasteiger partial charge in [0.2, 0.25) is 0 Å². The first-order valence-electron chi connectivity index (χ1n) is 7.44. The lowest BCUT2D eigenvalue weighted by Crippen LogP contribution is -2.36. The molecule has 2 aliphatic heterocycles. The summed E-state index contributed by atoms with van der Waals surface area (Å²) in [6, 6.07) is 7.90. The van der Waals surface area contributed by atoms with Crippen LogP contribution in [0.3, 0.4) is 0 Å². The average Bonchev–Trinajstić information content (AvgIpc) is 2.83. The van der Waals surface area contributed by atoms with Crippen molar-refractivity contribution in [1.82, 2.24) is 4.90 Å². The summed E-state index contributed by atoms with van der Waals surface area (Å²) in [7, 11) is 0. The highest BCUT2D eigenvalue weighted by atomic mass is 32.2. The number of benzene rings is 1. The molecule has 8 heteroatoms. The molecule has 0 bridgehead atoms. The van der Waals surface area contributed by atoms with Crippen molar-refractivity contribution in [2.75, 3.05) is 37.7 Å². The van der Waals surface area contributed by atoms with E-state index in [-0.39, 0.29) is 10.2 Å². The normalized spacial score (nSPS) is 20.1. The van der Waals surface area contributed by atoms with Gasteiger partial charge in [-0.2, -0.15) is 0 Å². The van der Waals surface area contributed by atoms with Crippen molar-refractivity contribution < 1.29 is 19.4 Å². The highest BCUT2D eigenvalue weighted by molar-refractivity contribution is 8.26. The molecule has 0 atom stereocenters. The van der Waals surface area contributed by atoms with Crippen LogP contribution in [-0.2, 0) is 14.3 Å². The third-order valence-electron chi connectivity index (χ3n) is 3.73. The molecule has 1 N–H and O–H groups in total. The Morgan fingerprint density at radius 2 is 1.96 bits per heavy atom. The van der Waals surface area contributed by atoms with Gasteiger partial charge >= 0.3 is 5.97 Å². The van der Waals surface area contributed by atoms with Crippen LogP contribution in [0.25, 0.3) is 6.08 Å². The molecule has 126 valence electrons. The first-order valence-corrected chi connectivity index (χ1v) is 8.67. The fourth-order valence-corrected chi connectivity index (χ4v) is 3.78. The molecule has 2 heterocycles. The number of thiocarbonyl (C=S) groups is 1. The van der Waals surface area contributed by atoms with E-state index in [0.717, 1.165) is 54.2 Å². The summed E-state index contributed by atoms with van der Waals surface area (Å²) in [5.74, 6) is -1.44. The van der Waals surface area contributed by atoms with Gasteiger partial charge in [0.15, 0.2) is 0 Å². The highest BCUT2D eigenvalue weighted by Gasteiger charge is 2.33. The van der Waals surface area contributed by atoms with Gasteiger partial charge < -0.3 is 14.7 Å². The van der Waals surface area contributed by atoms with Gasteiger partial charge in [-0.1, -0.05) is 36.1 Å². The first kappa shape index (κ1) is 16.9. The molecule has 1 aromatic rings. The van der Waals surface area contributed by atoms with E-state index in [1.165, 1.54) is 0 Å². The number of carboxylic acid groups (broad SMARTS) is 1. The van der Waals surface area contributed by atoms with Gasteiger partial charge in [0.1, 0.15) is 10.9 Å². The molecule has 0 radical (unpaired) electrons. The molecular formula is C16H16N2O4S2. The predicted molar refractivity (Wildman–Crippen MR) is 97.0 cm³/mol. The molecular weight excluding hydrogens is 348 g/mol. The van der Waals surface area contributed by atoms with Gasteiger partial charge in [-0.15, -0.1) is 0 Å². The van der Waals surface area contributed by atoms with Crippen LogP contribution < -0.4 is 4.90 Å². The molecule has 2 saturated heterocycles. The maximum absolute atomic E-state index is 12.2. The minimum absolute atomic E-state index is 0.276. The lowest BCUT2D eigenvalue weighted by atomic mass is 10.1. The van der Waals surface area contributed by atoms with E-state index in [9.17, 15) is 9.59 Å². The number of nitrogens with zero attached hydrogens (tertiary/aromatic N) is 2. The largest absolute Gasteiger partial charge is 0.480 e. The Kier molecular flexibility index (Phi) is 5.17. The van der Waals surface area contributed by atoms with Gasteiger partial charge in [0.05, 0.1) is 18.1 Å². The monoisotopic (exact) mass is 364 g/mol. The van der Waals surface area contributed by atoms with Gasteiger partial charge in [-0.25, -0.2) is 0 Å². The SMILES string of the molecule is O=C(O)CN1C(=O)/C(=C\c2ccc(N3CCOCC3)cc2)SC1=S. The standard InChI is InChI=1S/C16H16N2O4S2/c19-14(20)10-18-15(21)13(24-16(18)23)9-11-1-3-12(4-2-11)17-5-7-22-8-6-17/h1-4,9H,5-8,10H2,(H,19,20)/b13-9+.